The highest BCUT2D eigenvalue weighted by molar-refractivity contribution is 7.15. The van der Waals surface area contributed by atoms with Gasteiger partial charge in [-0.1, -0.05) is 6.92 Å². The lowest BCUT2D eigenvalue weighted by Gasteiger charge is -2.44. The second-order valence-electron chi connectivity index (χ2n) is 8.41. The van der Waals surface area contributed by atoms with E-state index in [9.17, 15) is 24.8 Å². The van der Waals surface area contributed by atoms with E-state index in [1.54, 1.807) is 13.3 Å². The maximum Gasteiger partial charge on any atom is 0.355 e. The fraction of sp³-hybridized carbons (Fsp3) is 0.348. The smallest absolute Gasteiger partial charge is 0.355 e. The number of imidazole rings is 1. The zero-order valence-electron chi connectivity index (χ0n) is 18.5. The number of nitro groups is 1. The lowest BCUT2D eigenvalue weighted by Crippen LogP contribution is -2.61. The van der Waals surface area contributed by atoms with Crippen molar-refractivity contribution in [3.05, 3.63) is 68.7 Å². The van der Waals surface area contributed by atoms with Gasteiger partial charge in [0.2, 0.25) is 5.91 Å². The lowest BCUT2D eigenvalue weighted by molar-refractivity contribution is -0.384. The van der Waals surface area contributed by atoms with Crippen LogP contribution in [0.3, 0.4) is 0 Å². The van der Waals surface area contributed by atoms with Crippen LogP contribution in [0.15, 0.2) is 41.7 Å². The number of ether oxygens (including phenoxy) is 1. The van der Waals surface area contributed by atoms with Gasteiger partial charge in [-0.2, -0.15) is 0 Å². The zero-order valence-corrected chi connectivity index (χ0v) is 19.3. The number of non-ortho nitro benzene ring substituents is 1. The lowest BCUT2D eigenvalue weighted by atomic mass is 9.83. The highest BCUT2D eigenvalue weighted by Crippen LogP contribution is 2.48. The maximum atomic E-state index is 13.2. The largest absolute Gasteiger partial charge is 0.456 e. The number of rotatable bonds is 7. The molecule has 10 nitrogen and oxygen atoms in total. The van der Waals surface area contributed by atoms with Crippen LogP contribution in [0.4, 0.5) is 5.69 Å². The van der Waals surface area contributed by atoms with E-state index >= 15 is 0 Å². The molecule has 2 aliphatic rings. The number of carbonyl (C=O) groups excluding carboxylic acids is 2. The summed E-state index contributed by atoms with van der Waals surface area (Å²) in [5, 5.41) is 22.9. The van der Waals surface area contributed by atoms with Crippen LogP contribution < -0.4 is 0 Å². The summed E-state index contributed by atoms with van der Waals surface area (Å²) in [6.45, 7) is 3.51. The maximum absolute atomic E-state index is 13.2. The van der Waals surface area contributed by atoms with Crippen molar-refractivity contribution in [2.45, 2.75) is 45.4 Å². The minimum absolute atomic E-state index is 0.0534. The average Bonchev–Trinajstić information content (AvgIpc) is 3.49. The number of aryl methyl sites for hydroxylation is 1. The monoisotopic (exact) mass is 482 g/mol. The Bertz CT molecular complexity index is 1340. The molecule has 5 rings (SSSR count). The molecular weight excluding hydrogens is 460 g/mol. The van der Waals surface area contributed by atoms with Crippen LogP contribution in [0.2, 0.25) is 0 Å². The molecule has 1 amide bonds. The molecule has 1 saturated heterocycles. The Morgan fingerprint density at radius 2 is 2.12 bits per heavy atom. The Morgan fingerprint density at radius 3 is 2.76 bits per heavy atom. The molecule has 0 aliphatic carbocycles. The number of β-lactam (4-membered cyclic amide) rings is 1. The van der Waals surface area contributed by atoms with Crippen molar-refractivity contribution < 1.29 is 24.4 Å². The van der Waals surface area contributed by atoms with Crippen molar-refractivity contribution in [2.24, 2.45) is 5.92 Å². The van der Waals surface area contributed by atoms with Crippen LogP contribution in [0.5, 0.6) is 0 Å². The number of nitro benzene ring substituents is 1. The van der Waals surface area contributed by atoms with Gasteiger partial charge >= 0.3 is 5.97 Å². The number of hydrogen-bond acceptors (Lipinski definition) is 8. The van der Waals surface area contributed by atoms with Gasteiger partial charge < -0.3 is 14.7 Å². The van der Waals surface area contributed by atoms with Gasteiger partial charge in [0.1, 0.15) is 23.5 Å². The molecule has 0 saturated carbocycles. The van der Waals surface area contributed by atoms with Gasteiger partial charge in [0, 0.05) is 23.1 Å². The summed E-state index contributed by atoms with van der Waals surface area (Å²) in [6.07, 6.45) is 2.09. The average molecular weight is 483 g/mol. The SMILES string of the molecule is CCc1ncn2c(C3=C(C(=O)OCc4ccc([N+](=O)[O-])cc4)N4C(=O)[C@H]([C@@H](C)O)[C@H]4C3)csc12. The first kappa shape index (κ1) is 22.2. The van der Waals surface area contributed by atoms with Crippen LogP contribution in [-0.2, 0) is 27.4 Å². The van der Waals surface area contributed by atoms with Crippen molar-refractivity contribution in [2.75, 3.05) is 0 Å². The van der Waals surface area contributed by atoms with Crippen LogP contribution in [0.1, 0.15) is 37.2 Å². The Morgan fingerprint density at radius 1 is 1.38 bits per heavy atom. The number of carbonyl (C=O) groups is 2. The molecule has 11 heteroatoms. The van der Waals surface area contributed by atoms with Gasteiger partial charge in [0.25, 0.3) is 5.69 Å². The highest BCUT2D eigenvalue weighted by atomic mass is 32.1. The number of aliphatic hydroxyl groups excluding tert-OH is 1. The van der Waals surface area contributed by atoms with E-state index in [0.717, 1.165) is 22.6 Å². The zero-order chi connectivity index (χ0) is 24.1. The minimum Gasteiger partial charge on any atom is -0.456 e. The topological polar surface area (TPSA) is 127 Å². The molecular formula is C23H22N4O6S. The quantitative estimate of drug-likeness (QED) is 0.237. The van der Waals surface area contributed by atoms with Crippen molar-refractivity contribution in [3.63, 3.8) is 0 Å². The number of nitrogens with zero attached hydrogens (tertiary/aromatic N) is 4. The predicted molar refractivity (Wildman–Crippen MR) is 123 cm³/mol. The molecule has 2 aromatic heterocycles. The fourth-order valence-electron chi connectivity index (χ4n) is 4.72. The van der Waals surface area contributed by atoms with E-state index in [1.165, 1.54) is 40.5 Å². The van der Waals surface area contributed by atoms with E-state index in [4.69, 9.17) is 4.74 Å². The second-order valence-corrected chi connectivity index (χ2v) is 9.27. The van der Waals surface area contributed by atoms with Crippen LogP contribution in [0, 0.1) is 16.0 Å². The number of esters is 1. The van der Waals surface area contributed by atoms with E-state index in [-0.39, 0.29) is 29.9 Å². The molecule has 1 N–H and O–H groups in total. The molecule has 3 atom stereocenters. The van der Waals surface area contributed by atoms with Crippen LogP contribution in [-0.4, -0.2) is 48.3 Å². The van der Waals surface area contributed by atoms with Crippen molar-refractivity contribution in [1.29, 1.82) is 0 Å². The number of benzene rings is 1. The molecule has 2 aliphatic heterocycles. The van der Waals surface area contributed by atoms with Gasteiger partial charge in [-0.15, -0.1) is 11.3 Å². The molecule has 0 bridgehead atoms. The van der Waals surface area contributed by atoms with Crippen molar-refractivity contribution >= 4 is 39.3 Å². The van der Waals surface area contributed by atoms with Gasteiger partial charge in [-0.05, 0) is 37.5 Å². The van der Waals surface area contributed by atoms with Gasteiger partial charge in [-0.25, -0.2) is 9.78 Å². The minimum atomic E-state index is -0.826. The van der Waals surface area contributed by atoms with Crippen molar-refractivity contribution in [1.82, 2.24) is 14.3 Å². The van der Waals surface area contributed by atoms with E-state index in [1.807, 2.05) is 16.7 Å². The molecule has 34 heavy (non-hydrogen) atoms. The third-order valence-corrected chi connectivity index (χ3v) is 7.42. The first-order valence-corrected chi connectivity index (χ1v) is 11.8. The predicted octanol–water partition coefficient (Wildman–Crippen LogP) is 2.93. The Hall–Kier alpha value is -3.57. The van der Waals surface area contributed by atoms with Crippen LogP contribution >= 0.6 is 11.3 Å². The Balaban J connectivity index is 1.47. The molecule has 0 radical (unpaired) electrons. The summed E-state index contributed by atoms with van der Waals surface area (Å²) in [7, 11) is 0. The first-order chi connectivity index (χ1) is 16.3. The van der Waals surface area contributed by atoms with Gasteiger partial charge in [0.15, 0.2) is 0 Å². The molecule has 1 aromatic carbocycles. The second kappa shape index (κ2) is 8.33. The highest BCUT2D eigenvalue weighted by Gasteiger charge is 2.57. The molecule has 0 spiro atoms. The Kier molecular flexibility index (Phi) is 5.45. The molecule has 1 fully saturated rings. The van der Waals surface area contributed by atoms with Crippen LogP contribution in [0.25, 0.3) is 10.4 Å². The first-order valence-electron chi connectivity index (χ1n) is 10.9. The Labute approximate surface area is 198 Å². The van der Waals surface area contributed by atoms with Gasteiger partial charge in [0.05, 0.1) is 34.4 Å². The molecule has 0 unspecified atom stereocenters. The van der Waals surface area contributed by atoms with Gasteiger partial charge in [-0.3, -0.25) is 19.3 Å². The van der Waals surface area contributed by atoms with Crippen molar-refractivity contribution in [3.8, 4) is 0 Å². The summed E-state index contributed by atoms with van der Waals surface area (Å²) >= 11 is 1.52. The number of hydrogen-bond donors (Lipinski definition) is 1. The fourth-order valence-corrected chi connectivity index (χ4v) is 5.79. The molecule has 3 aromatic rings. The summed E-state index contributed by atoms with van der Waals surface area (Å²) in [5.41, 5.74) is 3.14. The third-order valence-electron chi connectivity index (χ3n) is 6.42. The number of aromatic nitrogens is 2. The summed E-state index contributed by atoms with van der Waals surface area (Å²) in [6, 6.07) is 5.43. The number of amides is 1. The summed E-state index contributed by atoms with van der Waals surface area (Å²) in [5.74, 6) is -1.52. The van der Waals surface area contributed by atoms with E-state index in [2.05, 4.69) is 4.98 Å². The molecule has 4 heterocycles. The standard InChI is InChI=1S/C23H22N4O6S/c1-3-16-22-25(11-24-16)18(10-34-22)15-8-17-19(12(2)28)21(29)26(17)20(15)23(30)33-9-13-4-6-14(7-5-13)27(31)32/h4-7,10-12,17,19,28H,3,8-9H2,1-2H3/t12-,17-,19-/m1/s1. The van der Waals surface area contributed by atoms with E-state index in [0.29, 0.717) is 17.6 Å². The summed E-state index contributed by atoms with van der Waals surface area (Å²) in [4.78, 5) is 43.3. The summed E-state index contributed by atoms with van der Waals surface area (Å²) < 4.78 is 7.46. The normalized spacial score (nSPS) is 20.4. The number of thiazole rings is 1. The number of fused-ring (bicyclic) bond motifs is 2. The van der Waals surface area contributed by atoms with E-state index < -0.39 is 22.9 Å². The third kappa shape index (κ3) is 3.39. The number of aliphatic hydroxyl groups is 1. The molecule has 176 valence electrons.